The fraction of sp³-hybridized carbons (Fsp3) is 0.571. The molecule has 0 amide bonds. The number of anilines is 1. The first kappa shape index (κ1) is 12.6. The molecule has 94 valence electrons. The summed E-state index contributed by atoms with van der Waals surface area (Å²) in [5.74, 6) is 0.730. The molecule has 0 spiro atoms. The SMILES string of the molecule is COc1cc(NC2CCC(C)(C)C2)ccc1Cl. The molecule has 17 heavy (non-hydrogen) atoms. The molecule has 0 aliphatic heterocycles. The van der Waals surface area contributed by atoms with Crippen LogP contribution in [0, 0.1) is 5.41 Å². The predicted molar refractivity (Wildman–Crippen MR) is 73.0 cm³/mol. The number of hydrogen-bond donors (Lipinski definition) is 1. The van der Waals surface area contributed by atoms with Gasteiger partial charge in [0.25, 0.3) is 0 Å². The monoisotopic (exact) mass is 253 g/mol. The molecule has 1 fully saturated rings. The quantitative estimate of drug-likeness (QED) is 0.865. The molecular weight excluding hydrogens is 234 g/mol. The molecule has 1 aromatic carbocycles. The fourth-order valence-electron chi connectivity index (χ4n) is 2.54. The van der Waals surface area contributed by atoms with Gasteiger partial charge >= 0.3 is 0 Å². The molecule has 1 aliphatic carbocycles. The summed E-state index contributed by atoms with van der Waals surface area (Å²) in [6.45, 7) is 4.66. The number of nitrogens with one attached hydrogen (secondary N) is 1. The number of rotatable bonds is 3. The van der Waals surface area contributed by atoms with E-state index in [1.165, 1.54) is 19.3 Å². The van der Waals surface area contributed by atoms with E-state index in [0.29, 0.717) is 16.5 Å². The van der Waals surface area contributed by atoms with Gasteiger partial charge < -0.3 is 10.1 Å². The van der Waals surface area contributed by atoms with Gasteiger partial charge in [0.15, 0.2) is 0 Å². The summed E-state index contributed by atoms with van der Waals surface area (Å²) in [4.78, 5) is 0. The van der Waals surface area contributed by atoms with E-state index in [-0.39, 0.29) is 0 Å². The smallest absolute Gasteiger partial charge is 0.139 e. The first-order chi connectivity index (χ1) is 8.00. The van der Waals surface area contributed by atoms with Crippen LogP contribution in [0.1, 0.15) is 33.1 Å². The Labute approximate surface area is 108 Å². The van der Waals surface area contributed by atoms with Crippen LogP contribution in [0.25, 0.3) is 0 Å². The fourth-order valence-corrected chi connectivity index (χ4v) is 2.74. The predicted octanol–water partition coefficient (Wildman–Crippen LogP) is 4.34. The normalized spacial score (nSPS) is 22.5. The summed E-state index contributed by atoms with van der Waals surface area (Å²) < 4.78 is 5.22. The van der Waals surface area contributed by atoms with Gasteiger partial charge in [-0.1, -0.05) is 25.4 Å². The average molecular weight is 254 g/mol. The minimum atomic E-state index is 0.466. The minimum absolute atomic E-state index is 0.466. The average Bonchev–Trinajstić information content (AvgIpc) is 2.61. The standard InChI is InChI=1S/C14H20ClNO/c1-14(2)7-6-11(9-14)16-10-4-5-12(15)13(8-10)17-3/h4-5,8,11,16H,6-7,9H2,1-3H3. The van der Waals surface area contributed by atoms with Gasteiger partial charge in [-0.2, -0.15) is 0 Å². The first-order valence-electron chi connectivity index (χ1n) is 6.10. The molecule has 1 atom stereocenters. The van der Waals surface area contributed by atoms with E-state index in [1.807, 2.05) is 18.2 Å². The first-order valence-corrected chi connectivity index (χ1v) is 6.48. The van der Waals surface area contributed by atoms with E-state index >= 15 is 0 Å². The van der Waals surface area contributed by atoms with Crippen molar-refractivity contribution in [2.45, 2.75) is 39.2 Å². The maximum absolute atomic E-state index is 6.01. The highest BCUT2D eigenvalue weighted by atomic mass is 35.5. The summed E-state index contributed by atoms with van der Waals surface area (Å²) in [6.07, 6.45) is 3.74. The molecule has 0 heterocycles. The summed E-state index contributed by atoms with van der Waals surface area (Å²) >= 11 is 6.01. The number of benzene rings is 1. The molecule has 1 saturated carbocycles. The molecule has 0 aromatic heterocycles. The molecule has 1 aliphatic rings. The maximum atomic E-state index is 6.01. The topological polar surface area (TPSA) is 21.3 Å². The van der Waals surface area contributed by atoms with Crippen molar-refractivity contribution in [2.75, 3.05) is 12.4 Å². The Morgan fingerprint density at radius 3 is 2.76 bits per heavy atom. The lowest BCUT2D eigenvalue weighted by molar-refractivity contribution is 0.378. The van der Waals surface area contributed by atoms with Crippen molar-refractivity contribution in [3.8, 4) is 5.75 Å². The Morgan fingerprint density at radius 2 is 2.18 bits per heavy atom. The largest absolute Gasteiger partial charge is 0.495 e. The van der Waals surface area contributed by atoms with Gasteiger partial charge in [-0.15, -0.1) is 0 Å². The van der Waals surface area contributed by atoms with Gasteiger partial charge in [0.1, 0.15) is 5.75 Å². The second-order valence-corrected chi connectivity index (χ2v) is 6.00. The van der Waals surface area contributed by atoms with Crippen LogP contribution in [-0.2, 0) is 0 Å². The zero-order valence-electron chi connectivity index (χ0n) is 10.7. The zero-order valence-corrected chi connectivity index (χ0v) is 11.5. The van der Waals surface area contributed by atoms with Crippen LogP contribution in [0.4, 0.5) is 5.69 Å². The molecule has 0 saturated heterocycles. The lowest BCUT2D eigenvalue weighted by atomic mass is 9.92. The van der Waals surface area contributed by atoms with Crippen molar-refractivity contribution < 1.29 is 4.74 Å². The maximum Gasteiger partial charge on any atom is 0.139 e. The highest BCUT2D eigenvalue weighted by Crippen LogP contribution is 2.38. The van der Waals surface area contributed by atoms with Gasteiger partial charge in [0.2, 0.25) is 0 Å². The highest BCUT2D eigenvalue weighted by molar-refractivity contribution is 6.32. The van der Waals surface area contributed by atoms with Crippen LogP contribution in [0.5, 0.6) is 5.75 Å². The van der Waals surface area contributed by atoms with Gasteiger partial charge in [-0.25, -0.2) is 0 Å². The van der Waals surface area contributed by atoms with Crippen LogP contribution < -0.4 is 10.1 Å². The van der Waals surface area contributed by atoms with E-state index in [4.69, 9.17) is 16.3 Å². The molecule has 3 heteroatoms. The Kier molecular flexibility index (Phi) is 3.53. The second-order valence-electron chi connectivity index (χ2n) is 5.60. The van der Waals surface area contributed by atoms with Crippen LogP contribution in [-0.4, -0.2) is 13.2 Å². The molecule has 0 radical (unpaired) electrons. The summed E-state index contributed by atoms with van der Waals surface area (Å²) in [5, 5.41) is 4.22. The molecular formula is C14H20ClNO. The van der Waals surface area contributed by atoms with E-state index in [9.17, 15) is 0 Å². The minimum Gasteiger partial charge on any atom is -0.495 e. The molecule has 0 bridgehead atoms. The Hall–Kier alpha value is -0.890. The molecule has 1 N–H and O–H groups in total. The number of halogens is 1. The van der Waals surface area contributed by atoms with Crippen LogP contribution in [0.3, 0.4) is 0 Å². The lowest BCUT2D eigenvalue weighted by Gasteiger charge is -2.19. The highest BCUT2D eigenvalue weighted by Gasteiger charge is 2.30. The Balaban J connectivity index is 2.04. The molecule has 2 rings (SSSR count). The second kappa shape index (κ2) is 4.77. The number of hydrogen-bond acceptors (Lipinski definition) is 2. The Morgan fingerprint density at radius 1 is 1.41 bits per heavy atom. The lowest BCUT2D eigenvalue weighted by Crippen LogP contribution is -2.17. The third-order valence-corrected chi connectivity index (χ3v) is 3.80. The summed E-state index contributed by atoms with van der Waals surface area (Å²) in [5.41, 5.74) is 1.56. The Bertz CT molecular complexity index is 403. The van der Waals surface area contributed by atoms with Gasteiger partial charge in [-0.3, -0.25) is 0 Å². The summed E-state index contributed by atoms with van der Waals surface area (Å²) in [7, 11) is 1.64. The molecule has 1 unspecified atom stereocenters. The van der Waals surface area contributed by atoms with E-state index in [2.05, 4.69) is 19.2 Å². The van der Waals surface area contributed by atoms with Gasteiger partial charge in [0, 0.05) is 17.8 Å². The third kappa shape index (κ3) is 3.06. The van der Waals surface area contributed by atoms with Gasteiger partial charge in [-0.05, 0) is 36.8 Å². The number of methoxy groups -OCH3 is 1. The van der Waals surface area contributed by atoms with Crippen LogP contribution in [0.15, 0.2) is 18.2 Å². The van der Waals surface area contributed by atoms with Crippen molar-refractivity contribution >= 4 is 17.3 Å². The van der Waals surface area contributed by atoms with Crippen molar-refractivity contribution in [1.29, 1.82) is 0 Å². The number of ether oxygens (including phenoxy) is 1. The zero-order chi connectivity index (χ0) is 12.5. The van der Waals surface area contributed by atoms with E-state index < -0.39 is 0 Å². The van der Waals surface area contributed by atoms with Crippen molar-refractivity contribution in [2.24, 2.45) is 5.41 Å². The van der Waals surface area contributed by atoms with Crippen LogP contribution >= 0.6 is 11.6 Å². The van der Waals surface area contributed by atoms with Crippen molar-refractivity contribution in [3.63, 3.8) is 0 Å². The van der Waals surface area contributed by atoms with E-state index in [1.54, 1.807) is 7.11 Å². The summed E-state index contributed by atoms with van der Waals surface area (Å²) in [6, 6.07) is 6.42. The van der Waals surface area contributed by atoms with Gasteiger partial charge in [0.05, 0.1) is 12.1 Å². The molecule has 1 aromatic rings. The van der Waals surface area contributed by atoms with Crippen molar-refractivity contribution in [3.05, 3.63) is 23.2 Å². The van der Waals surface area contributed by atoms with Crippen molar-refractivity contribution in [1.82, 2.24) is 0 Å². The third-order valence-electron chi connectivity index (χ3n) is 3.49. The van der Waals surface area contributed by atoms with Crippen LogP contribution in [0.2, 0.25) is 5.02 Å². The molecule has 2 nitrogen and oxygen atoms in total. The van der Waals surface area contributed by atoms with E-state index in [0.717, 1.165) is 11.4 Å².